The van der Waals surface area contributed by atoms with Crippen molar-refractivity contribution in [2.24, 2.45) is 52.3 Å². The summed E-state index contributed by atoms with van der Waals surface area (Å²) in [5, 5.41) is 2.75. The minimum Gasteiger partial charge on any atom is -0.462 e. The lowest BCUT2D eigenvalue weighted by Crippen LogP contribution is -2.65. The molecule has 0 aromatic carbocycles. The van der Waals surface area contributed by atoms with Crippen molar-refractivity contribution in [3.63, 3.8) is 0 Å². The molecular formula is C36H57NO9. The summed E-state index contributed by atoms with van der Waals surface area (Å²) in [5.41, 5.74) is -0.385. The number of amides is 1. The van der Waals surface area contributed by atoms with Crippen LogP contribution in [0.1, 0.15) is 125 Å². The Labute approximate surface area is 274 Å². The van der Waals surface area contributed by atoms with Crippen molar-refractivity contribution in [1.29, 1.82) is 0 Å². The van der Waals surface area contributed by atoms with Crippen LogP contribution in [0, 0.1) is 52.3 Å². The quantitative estimate of drug-likeness (QED) is 0.258. The fraction of sp³-hybridized carbons (Fsp3) is 0.917. The van der Waals surface area contributed by atoms with Crippen LogP contribution in [-0.2, 0) is 43.4 Å². The molecule has 6 aliphatic rings. The second-order valence-electron chi connectivity index (χ2n) is 16.4. The molecule has 5 saturated carbocycles. The lowest BCUT2D eigenvalue weighted by molar-refractivity contribution is -0.671. The molecule has 10 heteroatoms. The van der Waals surface area contributed by atoms with Crippen molar-refractivity contribution >= 4 is 17.8 Å². The van der Waals surface area contributed by atoms with Crippen LogP contribution in [0.3, 0.4) is 0 Å². The molecular weight excluding hydrogens is 590 g/mol. The molecule has 1 aliphatic heterocycles. The van der Waals surface area contributed by atoms with Crippen LogP contribution in [0.15, 0.2) is 0 Å². The third kappa shape index (κ3) is 5.71. The topological polar surface area (TPSA) is 119 Å². The zero-order chi connectivity index (χ0) is 33.1. The van der Waals surface area contributed by atoms with Crippen LogP contribution in [-0.4, -0.2) is 48.7 Å². The summed E-state index contributed by atoms with van der Waals surface area (Å²) < 4.78 is 12.5. The molecule has 1 N–H and O–H groups in total. The summed E-state index contributed by atoms with van der Waals surface area (Å²) in [6, 6.07) is 0. The SMILES string of the molecule is CNC(=O)CC[C@@H](C)[C@H]1CC[C@H]2[C@@H]3[C@H](OC(C)=O)C[C@@H]4CC5(CC[C@]4(C)[C@H]3C[C@H](OC(C)=O)[C@]12C)OOC1(CCCCC1C)OO5. The fourth-order valence-electron chi connectivity index (χ4n) is 11.4. The first-order valence-corrected chi connectivity index (χ1v) is 18.1. The third-order valence-electron chi connectivity index (χ3n) is 14.1. The molecule has 0 radical (unpaired) electrons. The molecule has 6 fully saturated rings. The van der Waals surface area contributed by atoms with Crippen LogP contribution in [0.25, 0.3) is 0 Å². The summed E-state index contributed by atoms with van der Waals surface area (Å²) >= 11 is 0. The Morgan fingerprint density at radius 3 is 2.26 bits per heavy atom. The summed E-state index contributed by atoms with van der Waals surface area (Å²) in [6.45, 7) is 12.1. The Kier molecular flexibility index (Phi) is 9.35. The van der Waals surface area contributed by atoms with E-state index in [-0.39, 0.29) is 76.4 Å². The number of hydrogen-bond donors (Lipinski definition) is 1. The van der Waals surface area contributed by atoms with Gasteiger partial charge in [-0.25, -0.2) is 0 Å². The van der Waals surface area contributed by atoms with E-state index < -0.39 is 11.6 Å². The van der Waals surface area contributed by atoms with Crippen LogP contribution >= 0.6 is 0 Å². The van der Waals surface area contributed by atoms with Gasteiger partial charge in [-0.1, -0.05) is 34.1 Å². The Hall–Kier alpha value is -1.75. The third-order valence-corrected chi connectivity index (χ3v) is 14.1. The fourth-order valence-corrected chi connectivity index (χ4v) is 11.4. The summed E-state index contributed by atoms with van der Waals surface area (Å²) in [4.78, 5) is 62.1. The van der Waals surface area contributed by atoms with Gasteiger partial charge in [-0.2, -0.15) is 19.6 Å². The van der Waals surface area contributed by atoms with Crippen molar-refractivity contribution < 1.29 is 43.4 Å². The van der Waals surface area contributed by atoms with Gasteiger partial charge in [0.2, 0.25) is 17.5 Å². The summed E-state index contributed by atoms with van der Waals surface area (Å²) in [6.07, 6.45) is 10.1. The average Bonchev–Trinajstić information content (AvgIpc) is 3.37. The number of esters is 2. The molecule has 0 bridgehead atoms. The van der Waals surface area contributed by atoms with Gasteiger partial charge in [0.25, 0.3) is 0 Å². The summed E-state index contributed by atoms with van der Waals surface area (Å²) in [7, 11) is 1.68. The van der Waals surface area contributed by atoms with Crippen molar-refractivity contribution in [1.82, 2.24) is 5.32 Å². The predicted molar refractivity (Wildman–Crippen MR) is 167 cm³/mol. The number of hydrogen-bond acceptors (Lipinski definition) is 9. The van der Waals surface area contributed by atoms with Crippen molar-refractivity contribution in [2.45, 2.75) is 149 Å². The smallest absolute Gasteiger partial charge is 0.302 e. The zero-order valence-corrected chi connectivity index (χ0v) is 29.1. The first-order valence-electron chi connectivity index (χ1n) is 18.1. The maximum Gasteiger partial charge on any atom is 0.302 e. The molecule has 46 heavy (non-hydrogen) atoms. The van der Waals surface area contributed by atoms with Gasteiger partial charge in [0.05, 0.1) is 0 Å². The lowest BCUT2D eigenvalue weighted by atomic mass is 9.42. The highest BCUT2D eigenvalue weighted by molar-refractivity contribution is 5.75. The number of ether oxygens (including phenoxy) is 2. The number of fused-ring (bicyclic) bond motifs is 5. The molecule has 1 heterocycles. The van der Waals surface area contributed by atoms with E-state index in [2.05, 4.69) is 33.0 Å². The van der Waals surface area contributed by atoms with E-state index in [4.69, 9.17) is 29.0 Å². The molecule has 0 aromatic heterocycles. The van der Waals surface area contributed by atoms with Gasteiger partial charge in [0.1, 0.15) is 12.2 Å². The molecule has 2 spiro atoms. The van der Waals surface area contributed by atoms with Gasteiger partial charge >= 0.3 is 11.9 Å². The van der Waals surface area contributed by atoms with E-state index in [0.29, 0.717) is 25.2 Å². The van der Waals surface area contributed by atoms with Crippen molar-refractivity contribution in [2.75, 3.05) is 7.05 Å². The lowest BCUT2D eigenvalue weighted by Gasteiger charge is -2.65. The Morgan fingerprint density at radius 2 is 1.61 bits per heavy atom. The van der Waals surface area contributed by atoms with Crippen molar-refractivity contribution in [3.8, 4) is 0 Å². The normalized spacial score (nSPS) is 47.3. The van der Waals surface area contributed by atoms with E-state index in [9.17, 15) is 14.4 Å². The Balaban J connectivity index is 1.28. The van der Waals surface area contributed by atoms with E-state index in [1.807, 2.05) is 0 Å². The minimum absolute atomic E-state index is 0.0492. The van der Waals surface area contributed by atoms with E-state index in [0.717, 1.165) is 64.2 Å². The number of nitrogens with one attached hydrogen (secondary N) is 1. The average molecular weight is 648 g/mol. The molecule has 1 amide bonds. The molecule has 1 saturated heterocycles. The van der Waals surface area contributed by atoms with E-state index in [1.165, 1.54) is 13.8 Å². The molecule has 11 atom stereocenters. The summed E-state index contributed by atoms with van der Waals surface area (Å²) in [5.74, 6) is -0.893. The van der Waals surface area contributed by atoms with Gasteiger partial charge < -0.3 is 14.8 Å². The van der Waals surface area contributed by atoms with E-state index in [1.54, 1.807) is 7.05 Å². The maximum atomic E-state index is 12.7. The molecule has 10 nitrogen and oxygen atoms in total. The monoisotopic (exact) mass is 647 g/mol. The largest absolute Gasteiger partial charge is 0.462 e. The maximum absolute atomic E-state index is 12.7. The number of rotatable bonds is 6. The molecule has 0 aromatic rings. The highest BCUT2D eigenvalue weighted by atomic mass is 17.4. The first-order chi connectivity index (χ1) is 21.8. The second kappa shape index (κ2) is 12.6. The van der Waals surface area contributed by atoms with Crippen molar-refractivity contribution in [3.05, 3.63) is 0 Å². The van der Waals surface area contributed by atoms with Gasteiger partial charge in [-0.3, -0.25) is 14.4 Å². The Bertz CT molecular complexity index is 1170. The first kappa shape index (κ1) is 34.1. The molecule has 1 unspecified atom stereocenters. The highest BCUT2D eigenvalue weighted by Crippen LogP contribution is 2.70. The number of carbonyl (C=O) groups excluding carboxylic acids is 3. The van der Waals surface area contributed by atoms with Gasteiger partial charge in [-0.15, -0.1) is 0 Å². The van der Waals surface area contributed by atoms with Gasteiger partial charge in [0, 0.05) is 63.8 Å². The Morgan fingerprint density at radius 1 is 0.891 bits per heavy atom. The van der Waals surface area contributed by atoms with Crippen LogP contribution in [0.2, 0.25) is 0 Å². The standard InChI is InChI=1S/C36H57NO9/c1-21(11-14-31(40)37-7)26-12-13-27-32-28(19-30(34(26,27)6)42-24(4)39)33(5)16-17-35(20-25(33)18-29(32)41-23(3)38)43-45-36(46-44-35)15-9-8-10-22(36)2/h21-22,25-30,32H,8-20H2,1-7H3,(H,37,40)/t21-,22?,25-,26-,27+,28+,29-,30+,32+,33+,34-,35?,36?/m1/s1. The minimum atomic E-state index is -1.00. The zero-order valence-electron chi connectivity index (χ0n) is 29.1. The molecule has 6 rings (SSSR count). The van der Waals surface area contributed by atoms with E-state index >= 15 is 0 Å². The van der Waals surface area contributed by atoms with Crippen LogP contribution < -0.4 is 5.32 Å². The molecule has 260 valence electrons. The van der Waals surface area contributed by atoms with Gasteiger partial charge in [0.15, 0.2) is 0 Å². The number of carbonyl (C=O) groups is 3. The second-order valence-corrected chi connectivity index (χ2v) is 16.4. The predicted octanol–water partition coefficient (Wildman–Crippen LogP) is 6.40. The van der Waals surface area contributed by atoms with Crippen LogP contribution in [0.5, 0.6) is 0 Å². The molecule has 5 aliphatic carbocycles. The van der Waals surface area contributed by atoms with Crippen LogP contribution in [0.4, 0.5) is 0 Å². The highest BCUT2D eigenvalue weighted by Gasteiger charge is 2.69. The van der Waals surface area contributed by atoms with Gasteiger partial charge in [-0.05, 0) is 86.4 Å².